The van der Waals surface area contributed by atoms with Crippen molar-refractivity contribution >= 4 is 46.8 Å². The first-order valence-electron chi connectivity index (χ1n) is 15.9. The molecular formula is C32H37N3O9S2. The second kappa shape index (κ2) is 12.7. The average Bonchev–Trinajstić information content (AvgIpc) is 3.79. The van der Waals surface area contributed by atoms with Crippen molar-refractivity contribution in [2.45, 2.75) is 48.3 Å². The first-order valence-corrected chi connectivity index (χ1v) is 17.6. The number of carboxylic acid groups (broad SMARTS) is 1. The molecule has 2 aliphatic carbocycles. The monoisotopic (exact) mass is 671 g/mol. The molecule has 4 fully saturated rings. The summed E-state index contributed by atoms with van der Waals surface area (Å²) >= 11 is 2.83. The number of carbonyl (C=O) groups excluding carboxylic acids is 3. The summed E-state index contributed by atoms with van der Waals surface area (Å²) in [7, 11) is 1.55. The second-order valence-corrected chi connectivity index (χ2v) is 14.9. The Morgan fingerprint density at radius 1 is 1.04 bits per heavy atom. The van der Waals surface area contributed by atoms with Gasteiger partial charge >= 0.3 is 10.8 Å². The van der Waals surface area contributed by atoms with Gasteiger partial charge in [0.1, 0.15) is 0 Å². The number of aliphatic carboxylic acids is 1. The molecule has 2 N–H and O–H groups in total. The number of carbonyl (C=O) groups is 4. The maximum atomic E-state index is 13.8. The Kier molecular flexibility index (Phi) is 8.62. The number of H-pyrrole nitrogens is 1. The van der Waals surface area contributed by atoms with E-state index in [0.717, 1.165) is 21.9 Å². The number of nitrogens with zero attached hydrogens (tertiary/aromatic N) is 2. The molecule has 1 aromatic carbocycles. The van der Waals surface area contributed by atoms with E-state index in [0.29, 0.717) is 63.6 Å². The number of hydrogen-bond acceptors (Lipinski definition) is 10. The van der Waals surface area contributed by atoms with E-state index in [-0.39, 0.29) is 76.4 Å². The molecule has 2 bridgehead atoms. The fourth-order valence-corrected chi connectivity index (χ4v) is 11.3. The Labute approximate surface area is 273 Å². The predicted octanol–water partition coefficient (Wildman–Crippen LogP) is 2.80. The summed E-state index contributed by atoms with van der Waals surface area (Å²) in [6.07, 6.45) is 2.62. The van der Waals surface area contributed by atoms with Gasteiger partial charge < -0.3 is 29.2 Å². The number of unbranched alkanes of at least 4 members (excludes halogenated alkanes) is 2. The van der Waals surface area contributed by atoms with Gasteiger partial charge in [-0.2, -0.15) is 0 Å². The maximum absolute atomic E-state index is 13.8. The smallest absolute Gasteiger partial charge is 0.305 e. The number of methoxy groups -OCH3 is 1. The molecule has 3 amide bonds. The molecule has 2 saturated carbocycles. The Balaban J connectivity index is 1.13. The third kappa shape index (κ3) is 5.41. The summed E-state index contributed by atoms with van der Waals surface area (Å²) < 4.78 is 17.0. The molecule has 2 saturated heterocycles. The van der Waals surface area contributed by atoms with Crippen LogP contribution in [0.25, 0.3) is 0 Å². The van der Waals surface area contributed by atoms with Crippen LogP contribution in [0.3, 0.4) is 0 Å². The first kappa shape index (κ1) is 31.3. The van der Waals surface area contributed by atoms with Crippen LogP contribution in [-0.2, 0) is 23.9 Å². The number of nitrogens with one attached hydrogen (secondary N) is 1. The van der Waals surface area contributed by atoms with Gasteiger partial charge in [-0.3, -0.25) is 28.9 Å². The van der Waals surface area contributed by atoms with Crippen LogP contribution in [0, 0.1) is 29.6 Å². The summed E-state index contributed by atoms with van der Waals surface area (Å²) in [6, 6.07) is 5.67. The third-order valence-electron chi connectivity index (χ3n) is 10.3. The molecule has 0 radical (unpaired) electrons. The lowest BCUT2D eigenvalue weighted by Crippen LogP contribution is -2.43. The van der Waals surface area contributed by atoms with Crippen molar-refractivity contribution in [2.24, 2.45) is 29.6 Å². The highest BCUT2D eigenvalue weighted by Gasteiger charge is 2.69. The van der Waals surface area contributed by atoms with E-state index in [1.165, 1.54) is 16.2 Å². The van der Waals surface area contributed by atoms with Crippen LogP contribution >= 0.6 is 23.1 Å². The minimum atomic E-state index is -0.845. The minimum absolute atomic E-state index is 0.00984. The normalized spacial score (nSPS) is 29.5. The summed E-state index contributed by atoms with van der Waals surface area (Å²) in [4.78, 5) is 70.6. The zero-order valence-corrected chi connectivity index (χ0v) is 27.1. The van der Waals surface area contributed by atoms with E-state index in [4.69, 9.17) is 19.3 Å². The van der Waals surface area contributed by atoms with Crippen LogP contribution in [0.15, 0.2) is 28.0 Å². The van der Waals surface area contributed by atoms with Gasteiger partial charge in [0.25, 0.3) is 5.91 Å². The van der Waals surface area contributed by atoms with Crippen molar-refractivity contribution in [2.75, 3.05) is 46.6 Å². The maximum Gasteiger partial charge on any atom is 0.305 e. The highest BCUT2D eigenvalue weighted by molar-refractivity contribution is 8.00. The SMILES string of the molecule is COc1cc([C@H]2c3sc(=O)[nH]c3SC3C4CC(C5C(=O)N(CCCCCC(=O)O)C(=O)C45)C32)ccc1OCC(=O)N1CCOCC1. The lowest BCUT2D eigenvalue weighted by Gasteiger charge is -2.43. The van der Waals surface area contributed by atoms with Crippen LogP contribution in [0.1, 0.15) is 48.5 Å². The Hall–Kier alpha value is -3.36. The molecule has 246 valence electrons. The van der Waals surface area contributed by atoms with Gasteiger partial charge in [0.15, 0.2) is 18.1 Å². The van der Waals surface area contributed by atoms with E-state index in [9.17, 15) is 24.0 Å². The fourth-order valence-electron chi connectivity index (χ4n) is 8.44. The van der Waals surface area contributed by atoms with E-state index >= 15 is 0 Å². The predicted molar refractivity (Wildman–Crippen MR) is 167 cm³/mol. The molecule has 2 aromatic rings. The van der Waals surface area contributed by atoms with Crippen molar-refractivity contribution in [3.8, 4) is 11.5 Å². The molecule has 1 aromatic heterocycles. The molecule has 12 nitrogen and oxygen atoms in total. The highest BCUT2D eigenvalue weighted by Crippen LogP contribution is 2.68. The summed E-state index contributed by atoms with van der Waals surface area (Å²) in [5, 5.41) is 9.81. The first-order chi connectivity index (χ1) is 22.3. The minimum Gasteiger partial charge on any atom is -0.493 e. The quantitative estimate of drug-likeness (QED) is 0.269. The van der Waals surface area contributed by atoms with Gasteiger partial charge in [0.2, 0.25) is 11.8 Å². The van der Waals surface area contributed by atoms with Crippen molar-refractivity contribution in [1.82, 2.24) is 14.8 Å². The Morgan fingerprint density at radius 3 is 2.54 bits per heavy atom. The van der Waals surface area contributed by atoms with E-state index in [2.05, 4.69) is 4.98 Å². The van der Waals surface area contributed by atoms with Gasteiger partial charge in [-0.25, -0.2) is 0 Å². The molecule has 7 rings (SSSR count). The lowest BCUT2D eigenvalue weighted by atomic mass is 9.68. The van der Waals surface area contributed by atoms with Gasteiger partial charge in [-0.1, -0.05) is 23.8 Å². The average molecular weight is 672 g/mol. The number of thioether (sulfide) groups is 1. The largest absolute Gasteiger partial charge is 0.493 e. The molecule has 5 aliphatic rings. The fraction of sp³-hybridized carbons (Fsp3) is 0.594. The zero-order chi connectivity index (χ0) is 32.1. The molecule has 7 atom stereocenters. The van der Waals surface area contributed by atoms with Gasteiger partial charge in [-0.15, -0.1) is 11.8 Å². The number of ether oxygens (including phenoxy) is 3. The number of carboxylic acids is 1. The number of amides is 3. The molecule has 46 heavy (non-hydrogen) atoms. The number of likely N-dealkylation sites (tertiary alicyclic amines) is 1. The number of rotatable bonds is 11. The van der Waals surface area contributed by atoms with Crippen molar-refractivity contribution in [3.63, 3.8) is 0 Å². The second-order valence-electron chi connectivity index (χ2n) is 12.7. The molecule has 14 heteroatoms. The summed E-state index contributed by atoms with van der Waals surface area (Å²) in [5.74, 6) is -1.10. The number of aromatic nitrogens is 1. The zero-order valence-electron chi connectivity index (χ0n) is 25.5. The molecule has 6 unspecified atom stereocenters. The summed E-state index contributed by atoms with van der Waals surface area (Å²) in [6.45, 7) is 2.28. The van der Waals surface area contributed by atoms with Crippen LogP contribution in [-0.4, -0.2) is 95.4 Å². The number of benzene rings is 1. The molecule has 0 spiro atoms. The summed E-state index contributed by atoms with van der Waals surface area (Å²) in [5.41, 5.74) is 0.937. The highest BCUT2D eigenvalue weighted by atomic mass is 32.2. The van der Waals surface area contributed by atoms with Gasteiger partial charge in [0.05, 0.1) is 37.2 Å². The van der Waals surface area contributed by atoms with Crippen LogP contribution in [0.2, 0.25) is 0 Å². The third-order valence-corrected chi connectivity index (χ3v) is 12.9. The van der Waals surface area contributed by atoms with Crippen molar-refractivity contribution in [1.29, 1.82) is 0 Å². The Morgan fingerprint density at radius 2 is 1.80 bits per heavy atom. The standard InChI is InChI=1S/C32H37N3O9S2/c1-42-20-13-16(6-7-19(20)44-15-21(36)34-9-11-43-12-10-34)23-24-17-14-18(27(24)45-29-28(23)46-32(41)33-29)26-25(17)30(39)35(31(26)40)8-4-2-3-5-22(37)38/h6-7,13,17-18,23-27H,2-5,8-12,14-15H2,1H3,(H,33,41)(H,37,38)/t17?,18?,23-,24?,25?,26?,27?/m1/s1. The number of imide groups is 1. The number of fused-ring (bicyclic) bond motifs is 9. The number of hydrogen-bond donors (Lipinski definition) is 2. The van der Waals surface area contributed by atoms with Gasteiger partial charge in [-0.05, 0) is 54.7 Å². The van der Waals surface area contributed by atoms with Crippen LogP contribution in [0.5, 0.6) is 11.5 Å². The van der Waals surface area contributed by atoms with Gasteiger partial charge in [0, 0.05) is 42.1 Å². The van der Waals surface area contributed by atoms with Crippen LogP contribution in [0.4, 0.5) is 0 Å². The van der Waals surface area contributed by atoms with Crippen LogP contribution < -0.4 is 14.3 Å². The number of morpholine rings is 1. The van der Waals surface area contributed by atoms with Crippen molar-refractivity contribution in [3.05, 3.63) is 38.3 Å². The van der Waals surface area contributed by atoms with E-state index < -0.39 is 5.97 Å². The van der Waals surface area contributed by atoms with E-state index in [1.807, 2.05) is 12.1 Å². The molecule has 3 aliphatic heterocycles. The molecular weight excluding hydrogens is 634 g/mol. The number of thiazole rings is 1. The Bertz CT molecular complexity index is 1600. The van der Waals surface area contributed by atoms with E-state index in [1.54, 1.807) is 29.8 Å². The number of aromatic amines is 1. The molecule has 4 heterocycles. The lowest BCUT2D eigenvalue weighted by molar-refractivity contribution is -0.141. The topological polar surface area (TPSA) is 156 Å². The van der Waals surface area contributed by atoms with Crippen molar-refractivity contribution < 1.29 is 38.5 Å².